The predicted molar refractivity (Wildman–Crippen MR) is 175 cm³/mol. The molecule has 0 aliphatic rings. The van der Waals surface area contributed by atoms with Crippen LogP contribution < -0.4 is 0 Å². The minimum absolute atomic E-state index is 0.566. The Hall–Kier alpha value is -6.61. The van der Waals surface area contributed by atoms with Crippen LogP contribution in [-0.4, -0.2) is 9.13 Å². The highest BCUT2D eigenvalue weighted by Crippen LogP contribution is 2.39. The van der Waals surface area contributed by atoms with Crippen molar-refractivity contribution in [2.24, 2.45) is 0 Å². The number of nitrogens with zero attached hydrogens (tertiary/aromatic N) is 5. The molecule has 5 heteroatoms. The number of aromatic nitrogens is 2. The number of hydrogen-bond donors (Lipinski definition) is 0. The Morgan fingerprint density at radius 2 is 1.00 bits per heavy atom. The normalized spacial score (nSPS) is 11.1. The summed E-state index contributed by atoms with van der Waals surface area (Å²) in [5, 5.41) is 33.6. The van der Waals surface area contributed by atoms with E-state index < -0.39 is 0 Å². The van der Waals surface area contributed by atoms with Crippen LogP contribution in [0.25, 0.3) is 66.1 Å². The Labute approximate surface area is 252 Å². The van der Waals surface area contributed by atoms with Gasteiger partial charge in [-0.15, -0.1) is 0 Å². The van der Waals surface area contributed by atoms with E-state index in [9.17, 15) is 15.8 Å². The van der Waals surface area contributed by atoms with Crippen LogP contribution in [0.4, 0.5) is 0 Å². The average molecular weight is 560 g/mol. The monoisotopic (exact) mass is 559 g/mol. The summed E-state index contributed by atoms with van der Waals surface area (Å²) in [4.78, 5) is 0. The zero-order valence-corrected chi connectivity index (χ0v) is 23.4. The van der Waals surface area contributed by atoms with Gasteiger partial charge in [0.25, 0.3) is 0 Å². The van der Waals surface area contributed by atoms with Crippen molar-refractivity contribution in [3.63, 3.8) is 0 Å². The lowest BCUT2D eigenvalue weighted by Crippen LogP contribution is -2.01. The van der Waals surface area contributed by atoms with Gasteiger partial charge in [0.05, 0.1) is 56.6 Å². The van der Waals surface area contributed by atoms with Crippen molar-refractivity contribution in [2.75, 3.05) is 0 Å². The second-order valence-electron chi connectivity index (χ2n) is 10.8. The van der Waals surface area contributed by atoms with Crippen LogP contribution in [0.5, 0.6) is 0 Å². The Balaban J connectivity index is 1.42. The van der Waals surface area contributed by atoms with Gasteiger partial charge in [-0.05, 0) is 72.3 Å². The first-order chi connectivity index (χ1) is 21.7. The lowest BCUT2D eigenvalue weighted by Gasteiger charge is -2.17. The van der Waals surface area contributed by atoms with Gasteiger partial charge in [-0.25, -0.2) is 0 Å². The summed E-state index contributed by atoms with van der Waals surface area (Å²) in [6.45, 7) is 0. The van der Waals surface area contributed by atoms with Crippen LogP contribution in [0.15, 0.2) is 127 Å². The van der Waals surface area contributed by atoms with E-state index in [2.05, 4.69) is 75.9 Å². The van der Waals surface area contributed by atoms with Crippen molar-refractivity contribution in [3.8, 4) is 40.7 Å². The zero-order valence-electron chi connectivity index (χ0n) is 23.4. The maximum atomic E-state index is 10.3. The maximum Gasteiger partial charge on any atom is 0.101 e. The van der Waals surface area contributed by atoms with Gasteiger partial charge in [-0.2, -0.15) is 15.8 Å². The van der Waals surface area contributed by atoms with E-state index in [1.807, 2.05) is 78.9 Å². The highest BCUT2D eigenvalue weighted by Gasteiger charge is 2.20. The Morgan fingerprint density at radius 3 is 1.59 bits per heavy atom. The average Bonchev–Trinajstić information content (AvgIpc) is 3.59. The topological polar surface area (TPSA) is 81.2 Å². The van der Waals surface area contributed by atoms with Gasteiger partial charge in [0, 0.05) is 32.8 Å². The molecular formula is C39H21N5. The van der Waals surface area contributed by atoms with E-state index in [1.165, 1.54) is 0 Å². The van der Waals surface area contributed by atoms with Gasteiger partial charge in [-0.1, -0.05) is 60.7 Å². The Bertz CT molecular complexity index is 2470. The van der Waals surface area contributed by atoms with Gasteiger partial charge in [0.1, 0.15) is 6.07 Å². The number of hydrogen-bond acceptors (Lipinski definition) is 3. The summed E-state index contributed by atoms with van der Waals surface area (Å²) >= 11 is 0. The largest absolute Gasteiger partial charge is 0.309 e. The molecule has 0 aliphatic carbocycles. The fourth-order valence-corrected chi connectivity index (χ4v) is 6.52. The molecule has 202 valence electrons. The quantitative estimate of drug-likeness (QED) is 0.216. The molecular weight excluding hydrogens is 538 g/mol. The maximum absolute atomic E-state index is 10.3. The molecule has 0 saturated heterocycles. The molecule has 0 atom stereocenters. The molecule has 6 aromatic carbocycles. The number of fused-ring (bicyclic) bond motifs is 6. The van der Waals surface area contributed by atoms with E-state index in [-0.39, 0.29) is 0 Å². The molecule has 2 aromatic heterocycles. The van der Waals surface area contributed by atoms with Crippen LogP contribution in [0.3, 0.4) is 0 Å². The minimum Gasteiger partial charge on any atom is -0.309 e. The van der Waals surface area contributed by atoms with Gasteiger partial charge < -0.3 is 9.13 Å². The second-order valence-corrected chi connectivity index (χ2v) is 10.8. The van der Waals surface area contributed by atoms with Crippen LogP contribution in [0, 0.1) is 34.0 Å². The summed E-state index contributed by atoms with van der Waals surface area (Å²) in [6, 6.07) is 49.1. The Morgan fingerprint density at radius 1 is 0.432 bits per heavy atom. The molecule has 5 nitrogen and oxygen atoms in total. The molecule has 0 bridgehead atoms. The molecule has 2 heterocycles. The van der Waals surface area contributed by atoms with Gasteiger partial charge in [0.2, 0.25) is 0 Å². The van der Waals surface area contributed by atoms with E-state index in [0.29, 0.717) is 16.7 Å². The molecule has 0 unspecified atom stereocenters. The van der Waals surface area contributed by atoms with E-state index in [4.69, 9.17) is 0 Å². The summed E-state index contributed by atoms with van der Waals surface area (Å²) in [7, 11) is 0. The lowest BCUT2D eigenvalue weighted by molar-refractivity contribution is 1.16. The van der Waals surface area contributed by atoms with Gasteiger partial charge in [-0.3, -0.25) is 0 Å². The SMILES string of the molecule is N#Cc1ccc2c(c1)c1cc(C#N)ccc1n2-c1cccc(-c2cccc(C#N)c2-n2c3ccccc3c3ccccc32)c1. The van der Waals surface area contributed by atoms with E-state index in [0.717, 1.165) is 66.1 Å². The number of para-hydroxylation sites is 3. The molecule has 0 radical (unpaired) electrons. The molecule has 0 N–H and O–H groups in total. The smallest absolute Gasteiger partial charge is 0.101 e. The first-order valence-corrected chi connectivity index (χ1v) is 14.2. The number of nitriles is 3. The van der Waals surface area contributed by atoms with Crippen molar-refractivity contribution < 1.29 is 0 Å². The molecule has 8 aromatic rings. The first-order valence-electron chi connectivity index (χ1n) is 14.2. The summed E-state index contributed by atoms with van der Waals surface area (Å²) < 4.78 is 4.38. The molecule has 8 rings (SSSR count). The number of rotatable bonds is 3. The zero-order chi connectivity index (χ0) is 29.8. The molecule has 0 fully saturated rings. The highest BCUT2D eigenvalue weighted by atomic mass is 15.0. The van der Waals surface area contributed by atoms with Crippen LogP contribution >= 0.6 is 0 Å². The lowest BCUT2D eigenvalue weighted by atomic mass is 9.99. The fraction of sp³-hybridized carbons (Fsp3) is 0. The minimum atomic E-state index is 0.566. The highest BCUT2D eigenvalue weighted by molar-refractivity contribution is 6.11. The van der Waals surface area contributed by atoms with Crippen LogP contribution in [0.1, 0.15) is 16.7 Å². The Kier molecular flexibility index (Phi) is 5.56. The van der Waals surface area contributed by atoms with Crippen molar-refractivity contribution >= 4 is 43.6 Å². The molecule has 0 amide bonds. The second kappa shape index (κ2) is 9.74. The van der Waals surface area contributed by atoms with Crippen molar-refractivity contribution in [1.29, 1.82) is 15.8 Å². The van der Waals surface area contributed by atoms with Gasteiger partial charge >= 0.3 is 0 Å². The summed E-state index contributed by atoms with van der Waals surface area (Å²) in [5.41, 5.74) is 9.37. The first kappa shape index (κ1) is 25.1. The van der Waals surface area contributed by atoms with Crippen LogP contribution in [0.2, 0.25) is 0 Å². The summed E-state index contributed by atoms with van der Waals surface area (Å²) in [5.74, 6) is 0. The third-order valence-electron chi connectivity index (χ3n) is 8.40. The molecule has 0 spiro atoms. The van der Waals surface area contributed by atoms with E-state index >= 15 is 0 Å². The van der Waals surface area contributed by atoms with Crippen LogP contribution in [-0.2, 0) is 0 Å². The predicted octanol–water partition coefficient (Wildman–Crippen LogP) is 9.16. The van der Waals surface area contributed by atoms with Gasteiger partial charge in [0.15, 0.2) is 0 Å². The fourth-order valence-electron chi connectivity index (χ4n) is 6.52. The van der Waals surface area contributed by atoms with Crippen molar-refractivity contribution in [3.05, 3.63) is 144 Å². The molecule has 44 heavy (non-hydrogen) atoms. The van der Waals surface area contributed by atoms with Crippen molar-refractivity contribution in [1.82, 2.24) is 9.13 Å². The third kappa shape index (κ3) is 3.63. The van der Waals surface area contributed by atoms with E-state index in [1.54, 1.807) is 0 Å². The molecule has 0 aliphatic heterocycles. The standard InChI is InChI=1S/C39H21N5/c40-22-25-15-17-37-33(19-25)34-20-26(23-41)16-18-38(34)43(37)29-9-5-7-27(21-29)30-12-6-8-28(24-42)39(30)44-35-13-3-1-10-31(35)32-11-2-4-14-36(32)44/h1-21H. The summed E-state index contributed by atoms with van der Waals surface area (Å²) in [6.07, 6.45) is 0. The number of benzene rings is 6. The van der Waals surface area contributed by atoms with Crippen molar-refractivity contribution in [2.45, 2.75) is 0 Å². The molecule has 0 saturated carbocycles. The third-order valence-corrected chi connectivity index (χ3v) is 8.40.